The van der Waals surface area contributed by atoms with Gasteiger partial charge >= 0.3 is 0 Å². The summed E-state index contributed by atoms with van der Waals surface area (Å²) >= 11 is 5.83. The van der Waals surface area contributed by atoms with Crippen LogP contribution in [0.25, 0.3) is 0 Å². The molecule has 0 spiro atoms. The fraction of sp³-hybridized carbons (Fsp3) is 0.556. The Kier molecular flexibility index (Phi) is 11.5. The fourth-order valence-electron chi connectivity index (χ4n) is 2.35. The van der Waals surface area contributed by atoms with Crippen molar-refractivity contribution in [1.82, 2.24) is 10.6 Å². The van der Waals surface area contributed by atoms with E-state index in [1.165, 1.54) is 0 Å². The SMILES string of the molecule is CCCCC(CN)NC(=O)C(NC(=O)c1ccc(Cl)cc1)C(C)C.Cl. The van der Waals surface area contributed by atoms with Gasteiger partial charge in [-0.1, -0.05) is 45.2 Å². The van der Waals surface area contributed by atoms with Crippen molar-refractivity contribution in [2.45, 2.75) is 52.1 Å². The predicted molar refractivity (Wildman–Crippen MR) is 105 cm³/mol. The van der Waals surface area contributed by atoms with E-state index < -0.39 is 6.04 Å². The van der Waals surface area contributed by atoms with Gasteiger partial charge in [0.25, 0.3) is 5.91 Å². The zero-order chi connectivity index (χ0) is 18.1. The van der Waals surface area contributed by atoms with E-state index in [1.807, 2.05) is 13.8 Å². The maximum Gasteiger partial charge on any atom is 0.251 e. The molecule has 0 fully saturated rings. The third kappa shape index (κ3) is 8.08. The Bertz CT molecular complexity index is 536. The van der Waals surface area contributed by atoms with E-state index in [1.54, 1.807) is 24.3 Å². The molecule has 142 valence electrons. The Morgan fingerprint density at radius 1 is 1.16 bits per heavy atom. The zero-order valence-corrected chi connectivity index (χ0v) is 16.6. The van der Waals surface area contributed by atoms with Crippen LogP contribution in [0.5, 0.6) is 0 Å². The quantitative estimate of drug-likeness (QED) is 0.606. The molecular weight excluding hydrogens is 361 g/mol. The molecule has 2 atom stereocenters. The van der Waals surface area contributed by atoms with E-state index in [2.05, 4.69) is 17.6 Å². The van der Waals surface area contributed by atoms with Gasteiger partial charge in [-0.3, -0.25) is 9.59 Å². The van der Waals surface area contributed by atoms with E-state index >= 15 is 0 Å². The molecule has 0 aliphatic rings. The summed E-state index contributed by atoms with van der Waals surface area (Å²) < 4.78 is 0. The molecule has 0 saturated carbocycles. The maximum absolute atomic E-state index is 12.5. The maximum atomic E-state index is 12.5. The third-order valence-electron chi connectivity index (χ3n) is 3.88. The van der Waals surface area contributed by atoms with Crippen LogP contribution < -0.4 is 16.4 Å². The van der Waals surface area contributed by atoms with Gasteiger partial charge in [-0.2, -0.15) is 0 Å². The van der Waals surface area contributed by atoms with Crippen LogP contribution in [0.1, 0.15) is 50.4 Å². The molecule has 0 radical (unpaired) electrons. The van der Waals surface area contributed by atoms with Crippen molar-refractivity contribution in [2.75, 3.05) is 6.54 Å². The molecule has 5 nitrogen and oxygen atoms in total. The molecule has 1 aromatic carbocycles. The average molecular weight is 390 g/mol. The third-order valence-corrected chi connectivity index (χ3v) is 4.13. The van der Waals surface area contributed by atoms with Crippen molar-refractivity contribution in [3.63, 3.8) is 0 Å². The van der Waals surface area contributed by atoms with Crippen LogP contribution in [0.15, 0.2) is 24.3 Å². The summed E-state index contributed by atoms with van der Waals surface area (Å²) in [6.07, 6.45) is 2.90. The lowest BCUT2D eigenvalue weighted by Gasteiger charge is -2.25. The van der Waals surface area contributed by atoms with Crippen molar-refractivity contribution in [3.8, 4) is 0 Å². The first-order valence-corrected chi connectivity index (χ1v) is 8.83. The number of rotatable bonds is 9. The molecule has 1 rings (SSSR count). The number of hydrogen-bond donors (Lipinski definition) is 3. The summed E-state index contributed by atoms with van der Waals surface area (Å²) in [7, 11) is 0. The van der Waals surface area contributed by atoms with E-state index in [-0.39, 0.29) is 36.2 Å². The van der Waals surface area contributed by atoms with Crippen LogP contribution in [0.4, 0.5) is 0 Å². The van der Waals surface area contributed by atoms with Gasteiger partial charge in [0.15, 0.2) is 0 Å². The molecule has 0 saturated heterocycles. The number of amides is 2. The first-order valence-electron chi connectivity index (χ1n) is 8.45. The Morgan fingerprint density at radius 2 is 1.76 bits per heavy atom. The molecular formula is C18H29Cl2N3O2. The summed E-state index contributed by atoms with van der Waals surface area (Å²) in [6, 6.07) is 5.90. The number of halogens is 2. The van der Waals surface area contributed by atoms with Gasteiger partial charge in [0.05, 0.1) is 0 Å². The molecule has 4 N–H and O–H groups in total. The van der Waals surface area contributed by atoms with Gasteiger partial charge < -0.3 is 16.4 Å². The minimum Gasteiger partial charge on any atom is -0.350 e. The second-order valence-corrected chi connectivity index (χ2v) is 6.72. The normalized spacial score (nSPS) is 12.9. The first kappa shape index (κ1) is 23.7. The lowest BCUT2D eigenvalue weighted by atomic mass is 10.0. The number of benzene rings is 1. The van der Waals surface area contributed by atoms with Crippen LogP contribution in [0.3, 0.4) is 0 Å². The smallest absolute Gasteiger partial charge is 0.251 e. The Balaban J connectivity index is 0.00000576. The second kappa shape index (κ2) is 12.1. The summed E-state index contributed by atoms with van der Waals surface area (Å²) in [5.74, 6) is -0.525. The molecule has 2 unspecified atom stereocenters. The minimum atomic E-state index is -0.608. The van der Waals surface area contributed by atoms with Crippen molar-refractivity contribution >= 4 is 35.8 Å². The van der Waals surface area contributed by atoms with Crippen molar-refractivity contribution in [1.29, 1.82) is 0 Å². The lowest BCUT2D eigenvalue weighted by Crippen LogP contribution is -2.53. The van der Waals surface area contributed by atoms with Crippen molar-refractivity contribution < 1.29 is 9.59 Å². The largest absolute Gasteiger partial charge is 0.350 e. The van der Waals surface area contributed by atoms with E-state index in [0.29, 0.717) is 17.1 Å². The van der Waals surface area contributed by atoms with E-state index in [9.17, 15) is 9.59 Å². The fourth-order valence-corrected chi connectivity index (χ4v) is 2.48. The summed E-state index contributed by atoms with van der Waals surface area (Å²) in [4.78, 5) is 24.9. The van der Waals surface area contributed by atoms with E-state index in [0.717, 1.165) is 19.3 Å². The highest BCUT2D eigenvalue weighted by atomic mass is 35.5. The monoisotopic (exact) mass is 389 g/mol. The lowest BCUT2D eigenvalue weighted by molar-refractivity contribution is -0.124. The number of nitrogens with one attached hydrogen (secondary N) is 2. The number of hydrogen-bond acceptors (Lipinski definition) is 3. The van der Waals surface area contributed by atoms with Crippen LogP contribution in [0.2, 0.25) is 5.02 Å². The van der Waals surface area contributed by atoms with Crippen molar-refractivity contribution in [3.05, 3.63) is 34.9 Å². The zero-order valence-electron chi connectivity index (χ0n) is 15.0. The van der Waals surface area contributed by atoms with Crippen LogP contribution in [0, 0.1) is 5.92 Å². The molecule has 25 heavy (non-hydrogen) atoms. The Hall–Kier alpha value is -1.30. The van der Waals surface area contributed by atoms with Gasteiger partial charge in [-0.15, -0.1) is 12.4 Å². The first-order chi connectivity index (χ1) is 11.4. The molecule has 0 heterocycles. The number of unbranched alkanes of at least 4 members (excludes halogenated alkanes) is 1. The Morgan fingerprint density at radius 3 is 2.24 bits per heavy atom. The van der Waals surface area contributed by atoms with Crippen LogP contribution in [-0.4, -0.2) is 30.4 Å². The summed E-state index contributed by atoms with van der Waals surface area (Å²) in [5.41, 5.74) is 6.20. The highest BCUT2D eigenvalue weighted by Crippen LogP contribution is 2.11. The predicted octanol–water partition coefficient (Wildman–Crippen LogP) is 3.15. The topological polar surface area (TPSA) is 84.2 Å². The number of carbonyl (C=O) groups excluding carboxylic acids is 2. The molecule has 0 aromatic heterocycles. The van der Waals surface area contributed by atoms with Crippen molar-refractivity contribution in [2.24, 2.45) is 11.7 Å². The van der Waals surface area contributed by atoms with Gasteiger partial charge in [0.1, 0.15) is 6.04 Å². The number of carbonyl (C=O) groups is 2. The molecule has 7 heteroatoms. The highest BCUT2D eigenvalue weighted by Gasteiger charge is 2.26. The molecule has 1 aromatic rings. The van der Waals surface area contributed by atoms with Gasteiger partial charge in [0.2, 0.25) is 5.91 Å². The van der Waals surface area contributed by atoms with Gasteiger partial charge in [-0.25, -0.2) is 0 Å². The van der Waals surface area contributed by atoms with Crippen LogP contribution >= 0.6 is 24.0 Å². The number of nitrogens with two attached hydrogens (primary N) is 1. The molecule has 0 bridgehead atoms. The minimum absolute atomic E-state index is 0. The highest BCUT2D eigenvalue weighted by molar-refractivity contribution is 6.30. The van der Waals surface area contributed by atoms with E-state index in [4.69, 9.17) is 17.3 Å². The second-order valence-electron chi connectivity index (χ2n) is 6.29. The van der Waals surface area contributed by atoms with Crippen LogP contribution in [-0.2, 0) is 4.79 Å². The molecule has 0 aliphatic heterocycles. The average Bonchev–Trinajstić information content (AvgIpc) is 2.56. The summed E-state index contributed by atoms with van der Waals surface area (Å²) in [5, 5.41) is 6.31. The van der Waals surface area contributed by atoms with Gasteiger partial charge in [0, 0.05) is 23.2 Å². The van der Waals surface area contributed by atoms with Gasteiger partial charge in [-0.05, 0) is 36.6 Å². The Labute approximate surface area is 161 Å². The standard InChI is InChI=1S/C18H28ClN3O2.ClH/c1-4-5-6-15(11-20)21-18(24)16(12(2)3)22-17(23)13-7-9-14(19)10-8-13;/h7-10,12,15-16H,4-6,11,20H2,1-3H3,(H,21,24)(H,22,23);1H. The molecule has 0 aliphatic carbocycles. The molecule has 2 amide bonds. The summed E-state index contributed by atoms with van der Waals surface area (Å²) in [6.45, 7) is 6.28.